The van der Waals surface area contributed by atoms with Gasteiger partial charge in [-0.15, -0.1) is 0 Å². The van der Waals surface area contributed by atoms with Gasteiger partial charge >= 0.3 is 0 Å². The molecule has 134 valence electrons. The first-order chi connectivity index (χ1) is 13.0. The zero-order valence-corrected chi connectivity index (χ0v) is 18.0. The summed E-state index contributed by atoms with van der Waals surface area (Å²) in [5.41, 5.74) is 4.01. The van der Waals surface area contributed by atoms with Crippen LogP contribution in [0, 0.1) is 10.5 Å². The van der Waals surface area contributed by atoms with Gasteiger partial charge in [0.25, 0.3) is 5.91 Å². The maximum absolute atomic E-state index is 12.7. The standard InChI is InChI=1S/C21H14BrIN2O2/c1-12-10-16(23)7-9-18(12)24-21(26)14-4-8-19-17(11-14)20(27-25-19)13-2-5-15(22)6-3-13/h2-11H,1H3,(H,24,26). The summed E-state index contributed by atoms with van der Waals surface area (Å²) >= 11 is 5.69. The molecule has 0 bridgehead atoms. The number of halogens is 2. The lowest BCUT2D eigenvalue weighted by molar-refractivity contribution is 0.102. The lowest BCUT2D eigenvalue weighted by Gasteiger charge is -2.09. The predicted octanol–water partition coefficient (Wildman–Crippen LogP) is 6.42. The van der Waals surface area contributed by atoms with Gasteiger partial charge in [-0.25, -0.2) is 0 Å². The molecule has 1 aromatic heterocycles. The van der Waals surface area contributed by atoms with Gasteiger partial charge in [-0.3, -0.25) is 4.79 Å². The molecule has 1 amide bonds. The van der Waals surface area contributed by atoms with E-state index < -0.39 is 0 Å². The Morgan fingerprint density at radius 3 is 2.59 bits per heavy atom. The Bertz CT molecular complexity index is 1150. The summed E-state index contributed by atoms with van der Waals surface area (Å²) < 4.78 is 7.65. The molecule has 3 aromatic carbocycles. The molecule has 27 heavy (non-hydrogen) atoms. The first-order valence-electron chi connectivity index (χ1n) is 8.24. The van der Waals surface area contributed by atoms with E-state index >= 15 is 0 Å². The van der Waals surface area contributed by atoms with E-state index in [4.69, 9.17) is 4.52 Å². The molecule has 4 aromatic rings. The summed E-state index contributed by atoms with van der Waals surface area (Å²) in [5.74, 6) is 0.488. The molecule has 0 aliphatic rings. The second-order valence-corrected chi connectivity index (χ2v) is 8.33. The van der Waals surface area contributed by atoms with E-state index in [0.717, 1.165) is 35.8 Å². The Hall–Kier alpha value is -2.19. The third-order valence-corrected chi connectivity index (χ3v) is 5.48. The summed E-state index contributed by atoms with van der Waals surface area (Å²) in [6.07, 6.45) is 0. The summed E-state index contributed by atoms with van der Waals surface area (Å²) in [6, 6.07) is 19.1. The highest BCUT2D eigenvalue weighted by Gasteiger charge is 2.15. The van der Waals surface area contributed by atoms with Crippen molar-refractivity contribution in [2.24, 2.45) is 0 Å². The Balaban J connectivity index is 1.69. The average Bonchev–Trinajstić information content (AvgIpc) is 3.08. The van der Waals surface area contributed by atoms with E-state index in [0.29, 0.717) is 11.3 Å². The number of hydrogen-bond donors (Lipinski definition) is 1. The Labute approximate surface area is 178 Å². The third kappa shape index (κ3) is 3.77. The molecular weight excluding hydrogens is 519 g/mol. The molecule has 0 atom stereocenters. The van der Waals surface area contributed by atoms with Crippen molar-refractivity contribution in [2.75, 3.05) is 5.32 Å². The van der Waals surface area contributed by atoms with E-state index in [1.54, 1.807) is 12.1 Å². The van der Waals surface area contributed by atoms with Crippen molar-refractivity contribution >= 4 is 61.0 Å². The number of hydrogen-bond acceptors (Lipinski definition) is 3. The summed E-state index contributed by atoms with van der Waals surface area (Å²) in [6.45, 7) is 1.98. The molecule has 0 aliphatic heterocycles. The SMILES string of the molecule is Cc1cc(I)ccc1NC(=O)c1ccc2noc(-c3ccc(Br)cc3)c2c1. The fraction of sp³-hybridized carbons (Fsp3) is 0.0476. The smallest absolute Gasteiger partial charge is 0.255 e. The van der Waals surface area contributed by atoms with Gasteiger partial charge in [0.2, 0.25) is 0 Å². The number of fused-ring (bicyclic) bond motifs is 1. The normalized spacial score (nSPS) is 10.9. The van der Waals surface area contributed by atoms with Crippen LogP contribution in [0.15, 0.2) is 69.7 Å². The van der Waals surface area contributed by atoms with Crippen LogP contribution in [0.5, 0.6) is 0 Å². The molecule has 1 heterocycles. The van der Waals surface area contributed by atoms with Gasteiger partial charge in [-0.05, 0) is 95.7 Å². The van der Waals surface area contributed by atoms with Crippen LogP contribution >= 0.6 is 38.5 Å². The van der Waals surface area contributed by atoms with Gasteiger partial charge in [-0.2, -0.15) is 0 Å². The van der Waals surface area contributed by atoms with E-state index in [2.05, 4.69) is 49.0 Å². The second kappa shape index (κ2) is 7.44. The van der Waals surface area contributed by atoms with E-state index in [9.17, 15) is 4.79 Å². The summed E-state index contributed by atoms with van der Waals surface area (Å²) in [7, 11) is 0. The van der Waals surface area contributed by atoms with Crippen LogP contribution in [0.2, 0.25) is 0 Å². The number of amides is 1. The summed E-state index contributed by atoms with van der Waals surface area (Å²) in [4.78, 5) is 12.7. The van der Waals surface area contributed by atoms with Gasteiger partial charge in [0.15, 0.2) is 5.76 Å². The molecule has 4 rings (SSSR count). The van der Waals surface area contributed by atoms with Gasteiger partial charge in [-0.1, -0.05) is 21.1 Å². The minimum absolute atomic E-state index is 0.163. The zero-order valence-electron chi connectivity index (χ0n) is 14.3. The number of nitrogens with zero attached hydrogens (tertiary/aromatic N) is 1. The van der Waals surface area contributed by atoms with Crippen molar-refractivity contribution in [2.45, 2.75) is 6.92 Å². The Morgan fingerprint density at radius 1 is 1.07 bits per heavy atom. The number of nitrogens with one attached hydrogen (secondary N) is 1. The Morgan fingerprint density at radius 2 is 1.85 bits per heavy atom. The fourth-order valence-corrected chi connectivity index (χ4v) is 3.77. The minimum Gasteiger partial charge on any atom is -0.355 e. The maximum atomic E-state index is 12.7. The molecule has 0 saturated carbocycles. The Kier molecular flexibility index (Phi) is 5.01. The minimum atomic E-state index is -0.163. The van der Waals surface area contributed by atoms with E-state index in [1.807, 2.05) is 55.5 Å². The molecule has 0 radical (unpaired) electrons. The molecule has 1 N–H and O–H groups in total. The van der Waals surface area contributed by atoms with Crippen molar-refractivity contribution in [1.29, 1.82) is 0 Å². The largest absolute Gasteiger partial charge is 0.355 e. The van der Waals surface area contributed by atoms with Crippen LogP contribution in [-0.2, 0) is 0 Å². The van der Waals surface area contributed by atoms with Crippen molar-refractivity contribution < 1.29 is 9.32 Å². The maximum Gasteiger partial charge on any atom is 0.255 e. The van der Waals surface area contributed by atoms with Crippen LogP contribution < -0.4 is 5.32 Å². The van der Waals surface area contributed by atoms with Gasteiger partial charge in [0, 0.05) is 24.9 Å². The average molecular weight is 533 g/mol. The molecule has 0 spiro atoms. The number of aromatic nitrogens is 1. The van der Waals surface area contributed by atoms with Gasteiger partial charge in [0.05, 0.1) is 5.39 Å². The van der Waals surface area contributed by atoms with Crippen LogP contribution in [0.3, 0.4) is 0 Å². The number of benzene rings is 3. The van der Waals surface area contributed by atoms with Gasteiger partial charge in [0.1, 0.15) is 5.52 Å². The molecule has 6 heteroatoms. The molecule has 0 aliphatic carbocycles. The predicted molar refractivity (Wildman–Crippen MR) is 119 cm³/mol. The molecule has 0 fully saturated rings. The van der Waals surface area contributed by atoms with Crippen molar-refractivity contribution in [3.63, 3.8) is 0 Å². The van der Waals surface area contributed by atoms with Crippen LogP contribution in [0.4, 0.5) is 5.69 Å². The fourth-order valence-electron chi connectivity index (χ4n) is 2.85. The summed E-state index contributed by atoms with van der Waals surface area (Å²) in [5, 5.41) is 7.89. The van der Waals surface area contributed by atoms with E-state index in [1.165, 1.54) is 0 Å². The molecule has 0 unspecified atom stereocenters. The molecular formula is C21H14BrIN2O2. The highest BCUT2D eigenvalue weighted by atomic mass is 127. The number of anilines is 1. The van der Waals surface area contributed by atoms with Crippen LogP contribution in [-0.4, -0.2) is 11.1 Å². The topological polar surface area (TPSA) is 55.1 Å². The number of aryl methyl sites for hydroxylation is 1. The van der Waals surface area contributed by atoms with E-state index in [-0.39, 0.29) is 5.91 Å². The molecule has 4 nitrogen and oxygen atoms in total. The zero-order chi connectivity index (χ0) is 19.0. The highest BCUT2D eigenvalue weighted by Crippen LogP contribution is 2.30. The van der Waals surface area contributed by atoms with Crippen molar-refractivity contribution in [1.82, 2.24) is 5.16 Å². The quantitative estimate of drug-likeness (QED) is 0.310. The van der Waals surface area contributed by atoms with Crippen LogP contribution in [0.1, 0.15) is 15.9 Å². The highest BCUT2D eigenvalue weighted by molar-refractivity contribution is 14.1. The molecule has 0 saturated heterocycles. The number of carbonyl (C=O) groups excluding carboxylic acids is 1. The van der Waals surface area contributed by atoms with Crippen LogP contribution in [0.25, 0.3) is 22.2 Å². The van der Waals surface area contributed by atoms with Crippen molar-refractivity contribution in [3.05, 3.63) is 79.8 Å². The third-order valence-electron chi connectivity index (χ3n) is 4.28. The van der Waals surface area contributed by atoms with Crippen molar-refractivity contribution in [3.8, 4) is 11.3 Å². The number of carbonyl (C=O) groups is 1. The lowest BCUT2D eigenvalue weighted by Crippen LogP contribution is -2.12. The second-order valence-electron chi connectivity index (χ2n) is 6.16. The first kappa shape index (κ1) is 18.2. The first-order valence-corrected chi connectivity index (χ1v) is 10.1. The number of rotatable bonds is 3. The van der Waals surface area contributed by atoms with Gasteiger partial charge < -0.3 is 9.84 Å². The monoisotopic (exact) mass is 532 g/mol. The lowest BCUT2D eigenvalue weighted by atomic mass is 10.1.